The molecule has 0 aromatic heterocycles. The van der Waals surface area contributed by atoms with Crippen LogP contribution < -0.4 is 5.73 Å². The Kier molecular flexibility index (Phi) is 6.84. The quantitative estimate of drug-likeness (QED) is 0.642. The predicted molar refractivity (Wildman–Crippen MR) is 105 cm³/mol. The van der Waals surface area contributed by atoms with Crippen LogP contribution in [0.1, 0.15) is 25.0 Å². The van der Waals surface area contributed by atoms with Crippen molar-refractivity contribution in [2.45, 2.75) is 26.9 Å². The molecule has 0 aliphatic heterocycles. The number of benzene rings is 2. The molecule has 0 radical (unpaired) electrons. The lowest BCUT2D eigenvalue weighted by Gasteiger charge is -2.32. The van der Waals surface area contributed by atoms with Crippen LogP contribution in [-0.2, 0) is 13.1 Å². The maximum Gasteiger partial charge on any atom is 0.0237 e. The molecule has 23 heavy (non-hydrogen) atoms. The SMILES string of the molecule is CC(C)(CN)CN(Cc1ccc(Br)cc1)Cc1cccc(Br)c1. The Labute approximate surface area is 156 Å². The van der Waals surface area contributed by atoms with E-state index >= 15 is 0 Å². The molecule has 0 bridgehead atoms. The summed E-state index contributed by atoms with van der Waals surface area (Å²) >= 11 is 7.06. The largest absolute Gasteiger partial charge is 0.330 e. The van der Waals surface area contributed by atoms with Gasteiger partial charge in [-0.1, -0.05) is 70.0 Å². The second kappa shape index (κ2) is 8.43. The minimum absolute atomic E-state index is 0.0986. The van der Waals surface area contributed by atoms with Crippen molar-refractivity contribution >= 4 is 31.9 Å². The second-order valence-corrected chi connectivity index (χ2v) is 8.60. The molecule has 0 amide bonds. The van der Waals surface area contributed by atoms with E-state index in [-0.39, 0.29) is 5.41 Å². The molecule has 0 atom stereocenters. The Balaban J connectivity index is 2.15. The van der Waals surface area contributed by atoms with E-state index in [0.29, 0.717) is 6.54 Å². The fraction of sp³-hybridized carbons (Fsp3) is 0.368. The van der Waals surface area contributed by atoms with Gasteiger partial charge in [-0.2, -0.15) is 0 Å². The van der Waals surface area contributed by atoms with Crippen LogP contribution >= 0.6 is 31.9 Å². The Hall–Kier alpha value is -0.680. The van der Waals surface area contributed by atoms with E-state index in [1.165, 1.54) is 11.1 Å². The molecule has 2 rings (SSSR count). The summed E-state index contributed by atoms with van der Waals surface area (Å²) in [5.74, 6) is 0. The van der Waals surface area contributed by atoms with Crippen LogP contribution in [0.4, 0.5) is 0 Å². The third kappa shape index (κ3) is 6.38. The van der Waals surface area contributed by atoms with Crippen LogP contribution in [-0.4, -0.2) is 18.0 Å². The Morgan fingerprint density at radius 2 is 1.57 bits per heavy atom. The highest BCUT2D eigenvalue weighted by molar-refractivity contribution is 9.10. The highest BCUT2D eigenvalue weighted by Crippen LogP contribution is 2.21. The molecule has 2 N–H and O–H groups in total. The van der Waals surface area contributed by atoms with Gasteiger partial charge in [0.05, 0.1) is 0 Å². The fourth-order valence-corrected chi connectivity index (χ4v) is 3.29. The molecule has 0 fully saturated rings. The van der Waals surface area contributed by atoms with E-state index in [0.717, 1.165) is 28.6 Å². The molecule has 0 unspecified atom stereocenters. The topological polar surface area (TPSA) is 29.3 Å². The first kappa shape index (κ1) is 18.7. The number of nitrogens with two attached hydrogens (primary N) is 1. The standard InChI is InChI=1S/C19H24Br2N2/c1-19(2,13-22)14-23(11-15-6-8-17(20)9-7-15)12-16-4-3-5-18(21)10-16/h3-10H,11-14,22H2,1-2H3. The van der Waals surface area contributed by atoms with Gasteiger partial charge in [0.1, 0.15) is 0 Å². The number of hydrogen-bond acceptors (Lipinski definition) is 2. The minimum atomic E-state index is 0.0986. The summed E-state index contributed by atoms with van der Waals surface area (Å²) in [5.41, 5.74) is 8.67. The molecule has 0 saturated heterocycles. The minimum Gasteiger partial charge on any atom is -0.330 e. The van der Waals surface area contributed by atoms with Gasteiger partial charge < -0.3 is 5.73 Å². The van der Waals surface area contributed by atoms with E-state index in [4.69, 9.17) is 5.73 Å². The zero-order valence-corrected chi connectivity index (χ0v) is 16.9. The van der Waals surface area contributed by atoms with Gasteiger partial charge in [0.15, 0.2) is 0 Å². The average molecular weight is 440 g/mol. The average Bonchev–Trinajstić information content (AvgIpc) is 2.49. The molecular formula is C19H24Br2N2. The molecular weight excluding hydrogens is 416 g/mol. The first-order chi connectivity index (χ1) is 10.9. The molecule has 0 heterocycles. The van der Waals surface area contributed by atoms with Crippen LogP contribution in [0.3, 0.4) is 0 Å². The third-order valence-corrected chi connectivity index (χ3v) is 4.84. The normalized spacial score (nSPS) is 11.9. The molecule has 2 aromatic carbocycles. The number of hydrogen-bond donors (Lipinski definition) is 1. The smallest absolute Gasteiger partial charge is 0.0237 e. The highest BCUT2D eigenvalue weighted by Gasteiger charge is 2.20. The Morgan fingerprint density at radius 1 is 0.913 bits per heavy atom. The second-order valence-electron chi connectivity index (χ2n) is 6.77. The van der Waals surface area contributed by atoms with Gasteiger partial charge in [0.2, 0.25) is 0 Å². The van der Waals surface area contributed by atoms with E-state index in [1.807, 2.05) is 0 Å². The van der Waals surface area contributed by atoms with Crippen molar-refractivity contribution in [3.8, 4) is 0 Å². The lowest BCUT2D eigenvalue weighted by molar-refractivity contribution is 0.168. The van der Waals surface area contributed by atoms with Crippen molar-refractivity contribution in [3.05, 3.63) is 68.6 Å². The van der Waals surface area contributed by atoms with Gasteiger partial charge >= 0.3 is 0 Å². The Morgan fingerprint density at radius 3 is 2.17 bits per heavy atom. The molecule has 0 aliphatic rings. The van der Waals surface area contributed by atoms with E-state index in [9.17, 15) is 0 Å². The fourth-order valence-electron chi connectivity index (χ4n) is 2.58. The summed E-state index contributed by atoms with van der Waals surface area (Å²) in [6.45, 7) is 7.93. The van der Waals surface area contributed by atoms with E-state index < -0.39 is 0 Å². The van der Waals surface area contributed by atoms with Crippen LogP contribution in [0.2, 0.25) is 0 Å². The van der Waals surface area contributed by atoms with Crippen molar-refractivity contribution in [2.75, 3.05) is 13.1 Å². The Bertz CT molecular complexity index is 624. The summed E-state index contributed by atoms with van der Waals surface area (Å²) in [5, 5.41) is 0. The number of rotatable bonds is 7. The molecule has 0 aliphatic carbocycles. The first-order valence-electron chi connectivity index (χ1n) is 7.79. The van der Waals surface area contributed by atoms with Crippen LogP contribution in [0.5, 0.6) is 0 Å². The molecule has 2 aromatic rings. The highest BCUT2D eigenvalue weighted by atomic mass is 79.9. The maximum absolute atomic E-state index is 5.94. The lowest BCUT2D eigenvalue weighted by atomic mass is 9.92. The first-order valence-corrected chi connectivity index (χ1v) is 9.38. The maximum atomic E-state index is 5.94. The third-order valence-electron chi connectivity index (χ3n) is 3.82. The van der Waals surface area contributed by atoms with Crippen molar-refractivity contribution in [3.63, 3.8) is 0 Å². The van der Waals surface area contributed by atoms with Gasteiger partial charge in [-0.25, -0.2) is 0 Å². The molecule has 2 nitrogen and oxygen atoms in total. The predicted octanol–water partition coefficient (Wildman–Crippen LogP) is 5.20. The van der Waals surface area contributed by atoms with Crippen molar-refractivity contribution in [1.29, 1.82) is 0 Å². The zero-order valence-electron chi connectivity index (χ0n) is 13.7. The summed E-state index contributed by atoms with van der Waals surface area (Å²) in [6.07, 6.45) is 0. The van der Waals surface area contributed by atoms with Gasteiger partial charge in [-0.3, -0.25) is 4.90 Å². The number of nitrogens with zero attached hydrogens (tertiary/aromatic N) is 1. The van der Waals surface area contributed by atoms with Crippen molar-refractivity contribution in [1.82, 2.24) is 4.90 Å². The number of halogens is 2. The van der Waals surface area contributed by atoms with Crippen LogP contribution in [0, 0.1) is 5.41 Å². The van der Waals surface area contributed by atoms with Gasteiger partial charge in [-0.05, 0) is 47.4 Å². The van der Waals surface area contributed by atoms with Gasteiger partial charge in [0, 0.05) is 28.6 Å². The van der Waals surface area contributed by atoms with E-state index in [2.05, 4.69) is 99.1 Å². The molecule has 4 heteroatoms. The molecule has 0 spiro atoms. The van der Waals surface area contributed by atoms with Gasteiger partial charge in [0.25, 0.3) is 0 Å². The summed E-state index contributed by atoms with van der Waals surface area (Å²) < 4.78 is 2.23. The van der Waals surface area contributed by atoms with Crippen molar-refractivity contribution < 1.29 is 0 Å². The molecule has 124 valence electrons. The van der Waals surface area contributed by atoms with Crippen LogP contribution in [0.15, 0.2) is 57.5 Å². The van der Waals surface area contributed by atoms with Crippen molar-refractivity contribution in [2.24, 2.45) is 11.1 Å². The van der Waals surface area contributed by atoms with E-state index in [1.54, 1.807) is 0 Å². The monoisotopic (exact) mass is 438 g/mol. The molecule has 0 saturated carbocycles. The summed E-state index contributed by atoms with van der Waals surface area (Å²) in [6, 6.07) is 17.1. The summed E-state index contributed by atoms with van der Waals surface area (Å²) in [7, 11) is 0. The summed E-state index contributed by atoms with van der Waals surface area (Å²) in [4.78, 5) is 2.47. The zero-order chi connectivity index (χ0) is 16.9. The lowest BCUT2D eigenvalue weighted by Crippen LogP contribution is -2.38. The van der Waals surface area contributed by atoms with Gasteiger partial charge in [-0.15, -0.1) is 0 Å². The van der Waals surface area contributed by atoms with Crippen LogP contribution in [0.25, 0.3) is 0 Å².